The van der Waals surface area contributed by atoms with Gasteiger partial charge in [-0.15, -0.1) is 0 Å². The van der Waals surface area contributed by atoms with Gasteiger partial charge in [-0.2, -0.15) is 0 Å². The maximum Gasteiger partial charge on any atom is 0.255 e. The average Bonchev–Trinajstić information content (AvgIpc) is 2.73. The van der Waals surface area contributed by atoms with Gasteiger partial charge in [0.25, 0.3) is 5.91 Å². The highest BCUT2D eigenvalue weighted by molar-refractivity contribution is 6.35. The van der Waals surface area contributed by atoms with Crippen molar-refractivity contribution in [1.82, 2.24) is 15.5 Å². The second-order valence-electron chi connectivity index (χ2n) is 7.62. The van der Waals surface area contributed by atoms with Crippen molar-refractivity contribution in [3.05, 3.63) is 16.7 Å². The third kappa shape index (κ3) is 5.45. The Hall–Kier alpha value is -1.74. The van der Waals surface area contributed by atoms with Crippen LogP contribution in [0.4, 0.5) is 5.69 Å². The number of nitrogen functional groups attached to an aromatic ring is 1. The molecule has 2 atom stereocenters. The Morgan fingerprint density at radius 3 is 2.83 bits per heavy atom. The zero-order valence-corrected chi connectivity index (χ0v) is 17.6. The van der Waals surface area contributed by atoms with Crippen LogP contribution < -0.4 is 25.8 Å². The van der Waals surface area contributed by atoms with Crippen LogP contribution in [0.25, 0.3) is 0 Å². The molecule has 29 heavy (non-hydrogen) atoms. The minimum Gasteiger partial charge on any atom is -0.485 e. The minimum absolute atomic E-state index is 0.0187. The van der Waals surface area contributed by atoms with Gasteiger partial charge in [0.2, 0.25) is 0 Å². The van der Waals surface area contributed by atoms with Gasteiger partial charge in [-0.25, -0.2) is 0 Å². The number of hydrogen-bond donors (Lipinski definition) is 4. The number of hydrogen-bond acceptors (Lipinski definition) is 7. The highest BCUT2D eigenvalue weighted by Crippen LogP contribution is 2.43. The number of aliphatic hydroxyl groups excluding tert-OH is 1. The first-order chi connectivity index (χ1) is 14.0. The van der Waals surface area contributed by atoms with Gasteiger partial charge < -0.3 is 35.8 Å². The van der Waals surface area contributed by atoms with E-state index in [2.05, 4.69) is 15.5 Å². The van der Waals surface area contributed by atoms with E-state index in [1.54, 1.807) is 0 Å². The number of carbonyl (C=O) groups excluding carboxylic acids is 1. The second-order valence-corrected chi connectivity index (χ2v) is 8.00. The molecule has 0 aliphatic carbocycles. The normalized spacial score (nSPS) is 21.8. The van der Waals surface area contributed by atoms with Gasteiger partial charge in [-0.05, 0) is 52.0 Å². The van der Waals surface area contributed by atoms with Crippen LogP contribution in [-0.2, 0) is 0 Å². The van der Waals surface area contributed by atoms with Crippen LogP contribution in [0, 0.1) is 5.92 Å². The number of β-amino-alcohol motifs (C(OH)–C–C–N with tert-alkyl or cyclic N) is 1. The van der Waals surface area contributed by atoms with E-state index < -0.39 is 6.10 Å². The highest BCUT2D eigenvalue weighted by Gasteiger charge is 2.29. The largest absolute Gasteiger partial charge is 0.485 e. The number of benzene rings is 1. The van der Waals surface area contributed by atoms with Crippen LogP contribution in [0.5, 0.6) is 11.5 Å². The number of carbonyl (C=O) groups is 1. The standard InChI is InChI=1S/C20H31ClN4O4/c1-23-5-2-3-6-25-7-4-13(16(26)12-25)11-24-20(27)14-10-15(22)17(21)19-18(14)28-8-9-29-19/h10,13,16,23,26H,2-9,11-12,22H2,1H3,(H,24,27)/t13-,16+/m0/s1. The summed E-state index contributed by atoms with van der Waals surface area (Å²) in [6.45, 7) is 4.67. The van der Waals surface area contributed by atoms with E-state index >= 15 is 0 Å². The second kappa shape index (κ2) is 10.3. The van der Waals surface area contributed by atoms with Gasteiger partial charge in [-0.1, -0.05) is 11.6 Å². The van der Waals surface area contributed by atoms with Crippen molar-refractivity contribution in [3.8, 4) is 11.5 Å². The topological polar surface area (TPSA) is 109 Å². The van der Waals surface area contributed by atoms with Crippen LogP contribution in [0.3, 0.4) is 0 Å². The van der Waals surface area contributed by atoms with Gasteiger partial charge in [-0.3, -0.25) is 4.79 Å². The molecule has 1 fully saturated rings. The van der Waals surface area contributed by atoms with Gasteiger partial charge >= 0.3 is 0 Å². The summed E-state index contributed by atoms with van der Waals surface area (Å²) in [6.07, 6.45) is 2.62. The lowest BCUT2D eigenvalue weighted by molar-refractivity contribution is 0.0216. The molecule has 0 aromatic heterocycles. The molecular weight excluding hydrogens is 396 g/mol. The molecule has 5 N–H and O–H groups in total. The molecule has 162 valence electrons. The summed E-state index contributed by atoms with van der Waals surface area (Å²) in [4.78, 5) is 15.0. The number of fused-ring (bicyclic) bond motifs is 1. The van der Waals surface area contributed by atoms with E-state index in [1.165, 1.54) is 6.07 Å². The molecule has 8 nitrogen and oxygen atoms in total. The highest BCUT2D eigenvalue weighted by atomic mass is 35.5. The fraction of sp³-hybridized carbons (Fsp3) is 0.650. The van der Waals surface area contributed by atoms with E-state index in [4.69, 9.17) is 26.8 Å². The van der Waals surface area contributed by atoms with E-state index in [0.29, 0.717) is 43.4 Å². The molecule has 0 saturated carbocycles. The summed E-state index contributed by atoms with van der Waals surface area (Å²) in [5.74, 6) is 0.349. The van der Waals surface area contributed by atoms with Gasteiger partial charge in [0, 0.05) is 19.0 Å². The van der Waals surface area contributed by atoms with Crippen LogP contribution in [0.1, 0.15) is 29.6 Å². The van der Waals surface area contributed by atoms with Gasteiger partial charge in [0.05, 0.1) is 17.4 Å². The lowest BCUT2D eigenvalue weighted by atomic mass is 9.93. The summed E-state index contributed by atoms with van der Waals surface area (Å²) in [6, 6.07) is 1.51. The van der Waals surface area contributed by atoms with E-state index in [9.17, 15) is 9.90 Å². The van der Waals surface area contributed by atoms with Crippen LogP contribution in [-0.4, -0.2) is 75.0 Å². The summed E-state index contributed by atoms with van der Waals surface area (Å²) >= 11 is 6.17. The van der Waals surface area contributed by atoms with Gasteiger partial charge in [0.15, 0.2) is 11.5 Å². The zero-order chi connectivity index (χ0) is 20.8. The van der Waals surface area contributed by atoms with Crippen molar-refractivity contribution in [2.24, 2.45) is 5.92 Å². The number of nitrogens with zero attached hydrogens (tertiary/aromatic N) is 1. The molecule has 9 heteroatoms. The Kier molecular flexibility index (Phi) is 7.83. The number of anilines is 1. The lowest BCUT2D eigenvalue weighted by Crippen LogP contribution is -2.47. The molecule has 0 unspecified atom stereocenters. The van der Waals surface area contributed by atoms with Crippen LogP contribution >= 0.6 is 11.6 Å². The summed E-state index contributed by atoms with van der Waals surface area (Å²) in [5, 5.41) is 16.8. The summed E-state index contributed by atoms with van der Waals surface area (Å²) in [5.41, 5.74) is 6.50. The van der Waals surface area contributed by atoms with Crippen molar-refractivity contribution in [1.29, 1.82) is 0 Å². The maximum atomic E-state index is 12.8. The first kappa shape index (κ1) is 22.0. The Labute approximate surface area is 176 Å². The van der Waals surface area contributed by atoms with Crippen molar-refractivity contribution < 1.29 is 19.4 Å². The fourth-order valence-corrected chi connectivity index (χ4v) is 4.00. The quantitative estimate of drug-likeness (QED) is 0.364. The third-order valence-corrected chi connectivity index (χ3v) is 5.90. The van der Waals surface area contributed by atoms with E-state index in [1.807, 2.05) is 7.05 Å². The third-order valence-electron chi connectivity index (χ3n) is 5.51. The number of nitrogens with two attached hydrogens (primary N) is 1. The summed E-state index contributed by atoms with van der Waals surface area (Å²) < 4.78 is 11.1. The van der Waals surface area contributed by atoms with Crippen LogP contribution in [0.2, 0.25) is 5.02 Å². The van der Waals surface area contributed by atoms with Crippen molar-refractivity contribution in [2.45, 2.75) is 25.4 Å². The maximum absolute atomic E-state index is 12.8. The average molecular weight is 427 g/mol. The SMILES string of the molecule is CNCCCCN1CC[C@@H](CNC(=O)c2cc(N)c(Cl)c3c2OCCO3)[C@H](O)C1. The Bertz CT molecular complexity index is 718. The van der Waals surface area contributed by atoms with Gasteiger partial charge in [0.1, 0.15) is 18.2 Å². The molecule has 1 amide bonds. The molecule has 2 aliphatic heterocycles. The van der Waals surface area contributed by atoms with E-state index in [0.717, 1.165) is 38.9 Å². The van der Waals surface area contributed by atoms with E-state index in [-0.39, 0.29) is 22.5 Å². The predicted molar refractivity (Wildman–Crippen MR) is 113 cm³/mol. The number of unbranched alkanes of at least 4 members (excludes halogenated alkanes) is 1. The molecule has 0 spiro atoms. The molecular formula is C20H31ClN4O4. The molecule has 2 heterocycles. The molecule has 0 bridgehead atoms. The Morgan fingerprint density at radius 2 is 2.10 bits per heavy atom. The molecule has 1 aromatic rings. The first-order valence-corrected chi connectivity index (χ1v) is 10.6. The molecule has 1 saturated heterocycles. The number of halogens is 1. The lowest BCUT2D eigenvalue weighted by Gasteiger charge is -2.36. The predicted octanol–water partition coefficient (Wildman–Crippen LogP) is 1.11. The van der Waals surface area contributed by atoms with Crippen molar-refractivity contribution in [3.63, 3.8) is 0 Å². The molecule has 3 rings (SSSR count). The summed E-state index contributed by atoms with van der Waals surface area (Å²) in [7, 11) is 1.96. The number of piperidine rings is 1. The smallest absolute Gasteiger partial charge is 0.255 e. The number of likely N-dealkylation sites (tertiary alicyclic amines) is 1. The number of aliphatic hydroxyl groups is 1. The fourth-order valence-electron chi connectivity index (χ4n) is 3.81. The van der Waals surface area contributed by atoms with Crippen molar-refractivity contribution >= 4 is 23.2 Å². The number of ether oxygens (including phenoxy) is 2. The number of rotatable bonds is 8. The molecule has 2 aliphatic rings. The number of nitrogens with one attached hydrogen (secondary N) is 2. The van der Waals surface area contributed by atoms with Crippen LogP contribution in [0.15, 0.2) is 6.07 Å². The molecule has 0 radical (unpaired) electrons. The monoisotopic (exact) mass is 426 g/mol. The first-order valence-electron chi connectivity index (χ1n) is 10.2. The van der Waals surface area contributed by atoms with Crippen molar-refractivity contribution in [2.75, 3.05) is 58.7 Å². The Balaban J connectivity index is 1.53. The zero-order valence-electron chi connectivity index (χ0n) is 16.9. The molecule has 1 aromatic carbocycles. The minimum atomic E-state index is -0.461. The Morgan fingerprint density at radius 1 is 1.34 bits per heavy atom. The number of amides is 1.